The summed E-state index contributed by atoms with van der Waals surface area (Å²) in [7, 11) is 3.12. The van der Waals surface area contributed by atoms with E-state index in [-0.39, 0.29) is 0 Å². The van der Waals surface area contributed by atoms with Crippen molar-refractivity contribution in [2.45, 2.75) is 6.10 Å². The molecule has 0 aliphatic heterocycles. The van der Waals surface area contributed by atoms with E-state index in [1.54, 1.807) is 26.4 Å². The van der Waals surface area contributed by atoms with Crippen LogP contribution in [0.5, 0.6) is 11.5 Å². The number of aliphatic hydroxyl groups excluding tert-OH is 1. The van der Waals surface area contributed by atoms with E-state index in [0.717, 1.165) is 5.56 Å². The summed E-state index contributed by atoms with van der Waals surface area (Å²) in [5, 5.41) is 13.8. The zero-order chi connectivity index (χ0) is 15.2. The minimum atomic E-state index is -0.614. The van der Waals surface area contributed by atoms with E-state index in [1.807, 2.05) is 30.3 Å². The number of benzene rings is 2. The van der Waals surface area contributed by atoms with Crippen molar-refractivity contribution in [2.75, 3.05) is 26.1 Å². The van der Waals surface area contributed by atoms with Crippen molar-refractivity contribution in [3.8, 4) is 11.5 Å². The Kier molecular flexibility index (Phi) is 5.31. The van der Waals surface area contributed by atoms with Crippen LogP contribution >= 0.6 is 11.6 Å². The van der Waals surface area contributed by atoms with Gasteiger partial charge in [-0.3, -0.25) is 0 Å². The van der Waals surface area contributed by atoms with Gasteiger partial charge in [0.15, 0.2) is 0 Å². The third kappa shape index (κ3) is 3.80. The third-order valence-electron chi connectivity index (χ3n) is 3.14. The van der Waals surface area contributed by atoms with Crippen molar-refractivity contribution < 1.29 is 14.6 Å². The molecule has 2 rings (SSSR count). The molecule has 0 aliphatic carbocycles. The van der Waals surface area contributed by atoms with E-state index in [4.69, 9.17) is 21.1 Å². The first-order valence-corrected chi connectivity index (χ1v) is 6.92. The summed E-state index contributed by atoms with van der Waals surface area (Å²) >= 11 is 6.11. The lowest BCUT2D eigenvalue weighted by Gasteiger charge is -2.16. The minimum Gasteiger partial charge on any atom is -0.495 e. The molecular formula is C16H18ClNO3. The summed E-state index contributed by atoms with van der Waals surface area (Å²) in [5.74, 6) is 1.15. The molecule has 0 aromatic heterocycles. The van der Waals surface area contributed by atoms with Crippen molar-refractivity contribution in [1.29, 1.82) is 0 Å². The first kappa shape index (κ1) is 15.5. The number of ether oxygens (including phenoxy) is 2. The van der Waals surface area contributed by atoms with Gasteiger partial charge in [0.2, 0.25) is 0 Å². The summed E-state index contributed by atoms with van der Waals surface area (Å²) in [6, 6.07) is 12.9. The molecule has 2 N–H and O–H groups in total. The van der Waals surface area contributed by atoms with Crippen molar-refractivity contribution in [2.24, 2.45) is 0 Å². The molecule has 0 amide bonds. The van der Waals surface area contributed by atoms with Crippen LogP contribution in [0.25, 0.3) is 0 Å². The SMILES string of the molecule is COc1cc(OC)c(NCC(O)c2ccccc2)cc1Cl. The fourth-order valence-corrected chi connectivity index (χ4v) is 2.24. The highest BCUT2D eigenvalue weighted by Gasteiger charge is 2.12. The van der Waals surface area contributed by atoms with Crippen LogP contribution < -0.4 is 14.8 Å². The van der Waals surface area contributed by atoms with E-state index >= 15 is 0 Å². The van der Waals surface area contributed by atoms with Crippen LogP contribution in [-0.4, -0.2) is 25.9 Å². The van der Waals surface area contributed by atoms with Crippen LogP contribution in [0.1, 0.15) is 11.7 Å². The molecule has 0 aliphatic rings. The molecule has 2 aromatic carbocycles. The van der Waals surface area contributed by atoms with Gasteiger partial charge in [0, 0.05) is 12.6 Å². The van der Waals surface area contributed by atoms with Gasteiger partial charge in [-0.2, -0.15) is 0 Å². The maximum absolute atomic E-state index is 10.2. The second-order valence-electron chi connectivity index (χ2n) is 4.49. The maximum atomic E-state index is 10.2. The average Bonchev–Trinajstić information content (AvgIpc) is 2.53. The van der Waals surface area contributed by atoms with Crippen molar-refractivity contribution in [1.82, 2.24) is 0 Å². The summed E-state index contributed by atoms with van der Waals surface area (Å²) in [6.07, 6.45) is -0.614. The quantitative estimate of drug-likeness (QED) is 0.857. The molecule has 0 saturated heterocycles. The number of halogens is 1. The monoisotopic (exact) mass is 307 g/mol. The molecule has 0 heterocycles. The fourth-order valence-electron chi connectivity index (χ4n) is 2.00. The van der Waals surface area contributed by atoms with Gasteiger partial charge in [-0.1, -0.05) is 41.9 Å². The predicted octanol–water partition coefficient (Wildman–Crippen LogP) is 3.50. The maximum Gasteiger partial charge on any atom is 0.145 e. The third-order valence-corrected chi connectivity index (χ3v) is 3.44. The Morgan fingerprint density at radius 1 is 1.10 bits per heavy atom. The summed E-state index contributed by atoms with van der Waals surface area (Å²) in [4.78, 5) is 0. The van der Waals surface area contributed by atoms with Gasteiger partial charge in [0.05, 0.1) is 31.0 Å². The minimum absolute atomic E-state index is 0.350. The van der Waals surface area contributed by atoms with Crippen LogP contribution in [0.2, 0.25) is 5.02 Å². The summed E-state index contributed by atoms with van der Waals surface area (Å²) in [6.45, 7) is 0.350. The zero-order valence-electron chi connectivity index (χ0n) is 12.0. The second kappa shape index (κ2) is 7.20. The van der Waals surface area contributed by atoms with Gasteiger partial charge >= 0.3 is 0 Å². The molecule has 0 spiro atoms. The van der Waals surface area contributed by atoms with Gasteiger partial charge < -0.3 is 19.9 Å². The number of nitrogens with one attached hydrogen (secondary N) is 1. The smallest absolute Gasteiger partial charge is 0.145 e. The standard InChI is InChI=1S/C16H18ClNO3/c1-20-15-9-16(21-2)13(8-12(15)17)18-10-14(19)11-6-4-3-5-7-11/h3-9,14,18-19H,10H2,1-2H3. The average molecular weight is 308 g/mol. The number of aliphatic hydroxyl groups is 1. The van der Waals surface area contributed by atoms with E-state index in [0.29, 0.717) is 28.8 Å². The highest BCUT2D eigenvalue weighted by Crippen LogP contribution is 2.36. The first-order valence-electron chi connectivity index (χ1n) is 6.54. The zero-order valence-corrected chi connectivity index (χ0v) is 12.7. The molecule has 0 radical (unpaired) electrons. The van der Waals surface area contributed by atoms with E-state index in [9.17, 15) is 5.11 Å². The molecule has 0 fully saturated rings. The Labute approximate surface area is 129 Å². The van der Waals surface area contributed by atoms with Crippen molar-refractivity contribution >= 4 is 17.3 Å². The molecule has 1 unspecified atom stereocenters. The first-order chi connectivity index (χ1) is 10.2. The van der Waals surface area contributed by atoms with Gasteiger partial charge in [0.25, 0.3) is 0 Å². The largest absolute Gasteiger partial charge is 0.495 e. The molecule has 1 atom stereocenters. The lowest BCUT2D eigenvalue weighted by molar-refractivity contribution is 0.191. The Morgan fingerprint density at radius 3 is 2.38 bits per heavy atom. The highest BCUT2D eigenvalue weighted by molar-refractivity contribution is 6.32. The highest BCUT2D eigenvalue weighted by atomic mass is 35.5. The molecule has 5 heteroatoms. The lowest BCUT2D eigenvalue weighted by atomic mass is 10.1. The normalized spacial score (nSPS) is 11.8. The molecule has 0 saturated carbocycles. The predicted molar refractivity (Wildman–Crippen MR) is 84.4 cm³/mol. The van der Waals surface area contributed by atoms with Crippen LogP contribution in [0.15, 0.2) is 42.5 Å². The van der Waals surface area contributed by atoms with Gasteiger partial charge in [-0.25, -0.2) is 0 Å². The molecule has 0 bridgehead atoms. The lowest BCUT2D eigenvalue weighted by Crippen LogP contribution is -2.12. The molecule has 4 nitrogen and oxygen atoms in total. The van der Waals surface area contributed by atoms with Gasteiger partial charge in [-0.15, -0.1) is 0 Å². The number of rotatable bonds is 6. The summed E-state index contributed by atoms with van der Waals surface area (Å²) in [5.41, 5.74) is 1.56. The Bertz CT molecular complexity index is 590. The van der Waals surface area contributed by atoms with Crippen LogP contribution in [0.3, 0.4) is 0 Å². The van der Waals surface area contributed by atoms with Crippen LogP contribution in [0.4, 0.5) is 5.69 Å². The Balaban J connectivity index is 2.11. The Hall–Kier alpha value is -1.91. The fraction of sp³-hybridized carbons (Fsp3) is 0.250. The van der Waals surface area contributed by atoms with E-state index < -0.39 is 6.10 Å². The summed E-state index contributed by atoms with van der Waals surface area (Å²) < 4.78 is 10.4. The Morgan fingerprint density at radius 2 is 1.76 bits per heavy atom. The number of methoxy groups -OCH3 is 2. The van der Waals surface area contributed by atoms with E-state index in [1.165, 1.54) is 0 Å². The number of hydrogen-bond donors (Lipinski definition) is 2. The van der Waals surface area contributed by atoms with Gasteiger partial charge in [-0.05, 0) is 11.6 Å². The van der Waals surface area contributed by atoms with Crippen molar-refractivity contribution in [3.05, 3.63) is 53.1 Å². The van der Waals surface area contributed by atoms with Crippen LogP contribution in [0, 0.1) is 0 Å². The number of anilines is 1. The van der Waals surface area contributed by atoms with Crippen molar-refractivity contribution in [3.63, 3.8) is 0 Å². The molecule has 112 valence electrons. The number of hydrogen-bond acceptors (Lipinski definition) is 4. The van der Waals surface area contributed by atoms with Gasteiger partial charge in [0.1, 0.15) is 11.5 Å². The molecule has 21 heavy (non-hydrogen) atoms. The van der Waals surface area contributed by atoms with Crippen LogP contribution in [-0.2, 0) is 0 Å². The molecular weight excluding hydrogens is 290 g/mol. The van der Waals surface area contributed by atoms with E-state index in [2.05, 4.69) is 5.32 Å². The second-order valence-corrected chi connectivity index (χ2v) is 4.90. The topological polar surface area (TPSA) is 50.7 Å². The molecule has 2 aromatic rings.